The molecule has 134 valence electrons. The lowest BCUT2D eigenvalue weighted by Gasteiger charge is -2.16. The minimum absolute atomic E-state index is 0.143. The molecular formula is C20H18ClNO3S. The Hall–Kier alpha value is -2.24. The summed E-state index contributed by atoms with van der Waals surface area (Å²) < 4.78 is 5.39. The maximum Gasteiger partial charge on any atom is 0.268 e. The number of imide groups is 1. The van der Waals surface area contributed by atoms with E-state index in [1.807, 2.05) is 37.3 Å². The van der Waals surface area contributed by atoms with Gasteiger partial charge in [0, 0.05) is 10.6 Å². The van der Waals surface area contributed by atoms with Crippen molar-refractivity contribution in [2.45, 2.75) is 13.5 Å². The van der Waals surface area contributed by atoms with E-state index < -0.39 is 0 Å². The van der Waals surface area contributed by atoms with Crippen LogP contribution in [-0.4, -0.2) is 29.6 Å². The fraction of sp³-hybridized carbons (Fsp3) is 0.200. The Kier molecular flexibility index (Phi) is 5.69. The number of carbonyl (C=O) groups is 2. The first kappa shape index (κ1) is 18.5. The third-order valence-electron chi connectivity index (χ3n) is 4.08. The zero-order valence-electron chi connectivity index (χ0n) is 14.5. The van der Waals surface area contributed by atoms with Crippen molar-refractivity contribution in [3.05, 3.63) is 69.6 Å². The van der Waals surface area contributed by atoms with Gasteiger partial charge in [0.05, 0.1) is 24.1 Å². The van der Waals surface area contributed by atoms with Crippen molar-refractivity contribution < 1.29 is 14.3 Å². The van der Waals surface area contributed by atoms with Crippen LogP contribution in [0.15, 0.2) is 53.4 Å². The van der Waals surface area contributed by atoms with Gasteiger partial charge in [-0.25, -0.2) is 0 Å². The number of benzene rings is 2. The number of hydrogen-bond acceptors (Lipinski definition) is 4. The van der Waals surface area contributed by atoms with Gasteiger partial charge in [-0.1, -0.05) is 54.9 Å². The summed E-state index contributed by atoms with van der Waals surface area (Å²) in [5.41, 5.74) is 1.76. The Bertz CT molecular complexity index is 894. The fourth-order valence-electron chi connectivity index (χ4n) is 2.86. The van der Waals surface area contributed by atoms with Crippen molar-refractivity contribution in [3.8, 4) is 5.75 Å². The SMILES string of the molecule is CCSC1=C(c2ccccc2OC)C(=O)N(Cc2ccccc2Cl)C1=O. The van der Waals surface area contributed by atoms with Crippen molar-refractivity contribution in [2.75, 3.05) is 12.9 Å². The molecular weight excluding hydrogens is 370 g/mol. The van der Waals surface area contributed by atoms with Gasteiger partial charge in [-0.2, -0.15) is 0 Å². The van der Waals surface area contributed by atoms with Gasteiger partial charge < -0.3 is 4.74 Å². The number of rotatable bonds is 6. The smallest absolute Gasteiger partial charge is 0.268 e. The van der Waals surface area contributed by atoms with E-state index in [4.69, 9.17) is 16.3 Å². The van der Waals surface area contributed by atoms with Crippen LogP contribution in [-0.2, 0) is 16.1 Å². The Morgan fingerprint density at radius 2 is 1.73 bits per heavy atom. The second-order valence-corrected chi connectivity index (χ2v) is 7.31. The minimum Gasteiger partial charge on any atom is -0.496 e. The highest BCUT2D eigenvalue weighted by atomic mass is 35.5. The summed E-state index contributed by atoms with van der Waals surface area (Å²) in [5, 5.41) is 0.531. The molecule has 2 aromatic carbocycles. The topological polar surface area (TPSA) is 46.6 Å². The molecule has 0 N–H and O–H groups in total. The lowest BCUT2D eigenvalue weighted by Crippen LogP contribution is -2.31. The average Bonchev–Trinajstić information content (AvgIpc) is 2.88. The number of para-hydroxylation sites is 1. The number of thioether (sulfide) groups is 1. The maximum absolute atomic E-state index is 13.1. The van der Waals surface area contributed by atoms with Crippen molar-refractivity contribution in [1.82, 2.24) is 4.90 Å². The highest BCUT2D eigenvalue weighted by Gasteiger charge is 2.40. The molecule has 2 aromatic rings. The molecule has 0 unspecified atom stereocenters. The molecule has 0 saturated heterocycles. The van der Waals surface area contributed by atoms with Gasteiger partial charge in [-0.05, 0) is 23.4 Å². The molecule has 2 amide bonds. The van der Waals surface area contributed by atoms with Crippen molar-refractivity contribution in [1.29, 1.82) is 0 Å². The van der Waals surface area contributed by atoms with E-state index in [0.717, 1.165) is 5.56 Å². The van der Waals surface area contributed by atoms with E-state index in [2.05, 4.69) is 0 Å². The van der Waals surface area contributed by atoms with Gasteiger partial charge in [-0.3, -0.25) is 14.5 Å². The molecule has 0 fully saturated rings. The lowest BCUT2D eigenvalue weighted by molar-refractivity contribution is -0.137. The largest absolute Gasteiger partial charge is 0.496 e. The van der Waals surface area contributed by atoms with Crippen LogP contribution in [0.3, 0.4) is 0 Å². The van der Waals surface area contributed by atoms with E-state index in [1.165, 1.54) is 16.7 Å². The Morgan fingerprint density at radius 1 is 1.04 bits per heavy atom. The van der Waals surface area contributed by atoms with Crippen LogP contribution in [0.5, 0.6) is 5.75 Å². The molecule has 26 heavy (non-hydrogen) atoms. The Morgan fingerprint density at radius 3 is 2.42 bits per heavy atom. The number of nitrogens with zero attached hydrogens (tertiary/aromatic N) is 1. The van der Waals surface area contributed by atoms with Crippen LogP contribution in [0.2, 0.25) is 5.02 Å². The Balaban J connectivity index is 2.03. The van der Waals surface area contributed by atoms with Crippen molar-refractivity contribution >= 4 is 40.8 Å². The average molecular weight is 388 g/mol. The highest BCUT2D eigenvalue weighted by molar-refractivity contribution is 8.04. The van der Waals surface area contributed by atoms with Gasteiger partial charge in [0.1, 0.15) is 5.75 Å². The molecule has 4 nitrogen and oxygen atoms in total. The molecule has 6 heteroatoms. The highest BCUT2D eigenvalue weighted by Crippen LogP contribution is 2.40. The molecule has 0 aromatic heterocycles. The molecule has 1 heterocycles. The van der Waals surface area contributed by atoms with Crippen LogP contribution in [0, 0.1) is 0 Å². The van der Waals surface area contributed by atoms with E-state index in [-0.39, 0.29) is 18.4 Å². The third-order valence-corrected chi connectivity index (χ3v) is 5.40. The van der Waals surface area contributed by atoms with Gasteiger partial charge in [0.25, 0.3) is 11.8 Å². The number of carbonyl (C=O) groups excluding carboxylic acids is 2. The van der Waals surface area contributed by atoms with E-state index in [1.54, 1.807) is 25.3 Å². The first-order valence-corrected chi connectivity index (χ1v) is 9.54. The standard InChI is InChI=1S/C20H18ClNO3S/c1-3-26-18-17(14-9-5-7-11-16(14)25-2)19(23)22(20(18)24)12-13-8-4-6-10-15(13)21/h4-11H,3,12H2,1-2H3. The summed E-state index contributed by atoms with van der Waals surface area (Å²) in [6, 6.07) is 14.5. The van der Waals surface area contributed by atoms with Gasteiger partial charge >= 0.3 is 0 Å². The zero-order chi connectivity index (χ0) is 18.7. The quantitative estimate of drug-likeness (QED) is 0.690. The second kappa shape index (κ2) is 7.98. The summed E-state index contributed by atoms with van der Waals surface area (Å²) in [6.07, 6.45) is 0. The first-order chi connectivity index (χ1) is 12.6. The van der Waals surface area contributed by atoms with Crippen LogP contribution in [0.4, 0.5) is 0 Å². The number of methoxy groups -OCH3 is 1. The zero-order valence-corrected chi connectivity index (χ0v) is 16.1. The molecule has 0 spiro atoms. The predicted molar refractivity (Wildman–Crippen MR) is 105 cm³/mol. The third kappa shape index (κ3) is 3.37. The molecule has 3 rings (SSSR count). The summed E-state index contributed by atoms with van der Waals surface area (Å²) >= 11 is 7.58. The lowest BCUT2D eigenvalue weighted by atomic mass is 10.0. The molecule has 0 aliphatic carbocycles. The van der Waals surface area contributed by atoms with Crippen molar-refractivity contribution in [3.63, 3.8) is 0 Å². The van der Waals surface area contributed by atoms with Gasteiger partial charge in [0.2, 0.25) is 0 Å². The van der Waals surface area contributed by atoms with Crippen LogP contribution in [0.1, 0.15) is 18.1 Å². The normalized spacial score (nSPS) is 14.3. The number of hydrogen-bond donors (Lipinski definition) is 0. The molecule has 0 atom stereocenters. The minimum atomic E-state index is -0.324. The number of halogens is 1. The summed E-state index contributed by atoms with van der Waals surface area (Å²) in [5.74, 6) is 0.642. The van der Waals surface area contributed by atoms with E-state index in [9.17, 15) is 9.59 Å². The van der Waals surface area contributed by atoms with E-state index >= 15 is 0 Å². The monoisotopic (exact) mass is 387 g/mol. The maximum atomic E-state index is 13.1. The summed E-state index contributed by atoms with van der Waals surface area (Å²) in [4.78, 5) is 27.8. The predicted octanol–water partition coefficient (Wildman–Crippen LogP) is 4.38. The van der Waals surface area contributed by atoms with Gasteiger partial charge in [-0.15, -0.1) is 11.8 Å². The fourth-order valence-corrected chi connectivity index (χ4v) is 3.92. The summed E-state index contributed by atoms with van der Waals surface area (Å²) in [6.45, 7) is 2.09. The van der Waals surface area contributed by atoms with Crippen molar-refractivity contribution in [2.24, 2.45) is 0 Å². The van der Waals surface area contributed by atoms with E-state index in [0.29, 0.717) is 32.6 Å². The Labute approximate surface area is 161 Å². The van der Waals surface area contributed by atoms with Crippen LogP contribution < -0.4 is 4.74 Å². The molecule has 0 bridgehead atoms. The molecule has 1 aliphatic heterocycles. The molecule has 0 saturated carbocycles. The van der Waals surface area contributed by atoms with Crippen LogP contribution in [0.25, 0.3) is 5.57 Å². The number of ether oxygens (including phenoxy) is 1. The van der Waals surface area contributed by atoms with Gasteiger partial charge in [0.15, 0.2) is 0 Å². The molecule has 0 radical (unpaired) electrons. The molecule has 1 aliphatic rings. The number of amides is 2. The first-order valence-electron chi connectivity index (χ1n) is 8.18. The summed E-state index contributed by atoms with van der Waals surface area (Å²) in [7, 11) is 1.55. The van der Waals surface area contributed by atoms with Crippen LogP contribution >= 0.6 is 23.4 Å². The second-order valence-electron chi connectivity index (χ2n) is 5.63.